The molecule has 0 bridgehead atoms. The number of carbonyl (C=O) groups excluding carboxylic acids is 1. The first-order chi connectivity index (χ1) is 9.41. The minimum atomic E-state index is -5.08. The van der Waals surface area contributed by atoms with E-state index in [-0.39, 0.29) is 0 Å². The lowest BCUT2D eigenvalue weighted by molar-refractivity contribution is -0.275. The Kier molecular flexibility index (Phi) is 5.59. The van der Waals surface area contributed by atoms with E-state index < -0.39 is 50.5 Å². The fourth-order valence-corrected chi connectivity index (χ4v) is 2.75. The number of ether oxygens (including phenoxy) is 1. The zero-order chi connectivity index (χ0) is 16.4. The van der Waals surface area contributed by atoms with Crippen LogP contribution in [0.25, 0.3) is 0 Å². The van der Waals surface area contributed by atoms with Crippen molar-refractivity contribution in [2.24, 2.45) is 0 Å². The fourth-order valence-electron chi connectivity index (χ4n) is 1.40. The molecule has 2 nitrogen and oxygen atoms in total. The molecule has 21 heavy (non-hydrogen) atoms. The van der Waals surface area contributed by atoms with Crippen molar-refractivity contribution in [2.75, 3.05) is 0 Å². The van der Waals surface area contributed by atoms with E-state index in [9.17, 15) is 31.1 Å². The number of carbonyl (C=O) groups is 1. The zero-order valence-corrected chi connectivity index (χ0v) is 12.6. The van der Waals surface area contributed by atoms with E-state index in [2.05, 4.69) is 20.7 Å². The third kappa shape index (κ3) is 5.77. The average molecular weight is 397 g/mol. The molecule has 1 aromatic carbocycles. The van der Waals surface area contributed by atoms with E-state index in [1.807, 2.05) is 0 Å². The molecule has 0 fully saturated rings. The summed E-state index contributed by atoms with van der Waals surface area (Å²) in [5.74, 6) is -1.51. The SMILES string of the molecule is CC(=O)C(Br)c1c(OC(F)(F)F)cccc1SC(F)(F)F. The molecule has 0 amide bonds. The van der Waals surface area contributed by atoms with Gasteiger partial charge in [-0.25, -0.2) is 0 Å². The van der Waals surface area contributed by atoms with E-state index in [0.29, 0.717) is 0 Å². The lowest BCUT2D eigenvalue weighted by Crippen LogP contribution is -2.19. The third-order valence-corrected chi connectivity index (χ3v) is 4.00. The van der Waals surface area contributed by atoms with Crippen LogP contribution in [-0.4, -0.2) is 17.7 Å². The number of halogens is 7. The second kappa shape index (κ2) is 6.47. The van der Waals surface area contributed by atoms with Gasteiger partial charge < -0.3 is 4.74 Å². The number of hydrogen-bond donors (Lipinski definition) is 0. The van der Waals surface area contributed by atoms with Crippen LogP contribution in [0.4, 0.5) is 26.3 Å². The molecule has 0 aliphatic carbocycles. The van der Waals surface area contributed by atoms with Crippen molar-refractivity contribution in [1.82, 2.24) is 0 Å². The van der Waals surface area contributed by atoms with Crippen molar-refractivity contribution in [3.8, 4) is 5.75 Å². The van der Waals surface area contributed by atoms with Crippen LogP contribution in [0.5, 0.6) is 5.75 Å². The first kappa shape index (κ1) is 18.1. The Morgan fingerprint density at radius 3 is 2.24 bits per heavy atom. The number of hydrogen-bond acceptors (Lipinski definition) is 3. The van der Waals surface area contributed by atoms with Crippen molar-refractivity contribution in [1.29, 1.82) is 0 Å². The van der Waals surface area contributed by atoms with Gasteiger partial charge in [-0.2, -0.15) is 13.2 Å². The number of ketones is 1. The summed E-state index contributed by atoms with van der Waals surface area (Å²) in [5, 5.41) is 0. The summed E-state index contributed by atoms with van der Waals surface area (Å²) in [4.78, 5) is 9.42. The van der Waals surface area contributed by atoms with E-state index >= 15 is 0 Å². The van der Waals surface area contributed by atoms with Gasteiger partial charge in [-0.1, -0.05) is 22.0 Å². The maximum Gasteiger partial charge on any atom is 0.573 e. The number of rotatable bonds is 4. The predicted molar refractivity (Wildman–Crippen MR) is 67.4 cm³/mol. The van der Waals surface area contributed by atoms with Gasteiger partial charge in [0.2, 0.25) is 0 Å². The third-order valence-electron chi connectivity index (χ3n) is 2.09. The highest BCUT2D eigenvalue weighted by Gasteiger charge is 2.37. The molecule has 0 heterocycles. The maximum atomic E-state index is 12.5. The molecule has 1 atom stereocenters. The first-order valence-corrected chi connectivity index (χ1v) is 6.93. The Morgan fingerprint density at radius 2 is 1.81 bits per heavy atom. The van der Waals surface area contributed by atoms with Crippen LogP contribution in [0.3, 0.4) is 0 Å². The Bertz CT molecular complexity index is 494. The van der Waals surface area contributed by atoms with Gasteiger partial charge in [0.05, 0.1) is 0 Å². The van der Waals surface area contributed by atoms with Gasteiger partial charge in [0, 0.05) is 10.5 Å². The summed E-state index contributed by atoms with van der Waals surface area (Å²) in [6.07, 6.45) is -5.08. The van der Waals surface area contributed by atoms with Crippen molar-refractivity contribution in [3.05, 3.63) is 23.8 Å². The van der Waals surface area contributed by atoms with E-state index in [1.165, 1.54) is 0 Å². The smallest absolute Gasteiger partial charge is 0.405 e. The van der Waals surface area contributed by atoms with E-state index in [1.54, 1.807) is 0 Å². The van der Waals surface area contributed by atoms with Crippen LogP contribution in [0.1, 0.15) is 17.3 Å². The molecule has 0 radical (unpaired) electrons. The van der Waals surface area contributed by atoms with Crippen molar-refractivity contribution in [2.45, 2.75) is 28.5 Å². The van der Waals surface area contributed by atoms with Gasteiger partial charge >= 0.3 is 11.9 Å². The maximum absolute atomic E-state index is 12.5. The number of thioether (sulfide) groups is 1. The predicted octanol–water partition coefficient (Wildman–Crippen LogP) is 5.22. The first-order valence-electron chi connectivity index (χ1n) is 5.19. The Hall–Kier alpha value is -0.900. The van der Waals surface area contributed by atoms with Crippen LogP contribution >= 0.6 is 27.7 Å². The molecule has 0 spiro atoms. The van der Waals surface area contributed by atoms with Crippen LogP contribution < -0.4 is 4.74 Å². The Labute approximate surface area is 128 Å². The summed E-state index contributed by atoms with van der Waals surface area (Å²) < 4.78 is 78.0. The van der Waals surface area contributed by atoms with Crippen molar-refractivity contribution >= 4 is 33.5 Å². The molecule has 10 heteroatoms. The summed E-state index contributed by atoms with van der Waals surface area (Å²) in [6.45, 7) is 1.03. The fraction of sp³-hybridized carbons (Fsp3) is 0.364. The summed E-state index contributed by atoms with van der Waals surface area (Å²) in [5.41, 5.74) is -5.22. The van der Waals surface area contributed by atoms with Gasteiger partial charge in [0.1, 0.15) is 16.4 Å². The molecule has 0 saturated heterocycles. The lowest BCUT2D eigenvalue weighted by atomic mass is 10.1. The highest BCUT2D eigenvalue weighted by Crippen LogP contribution is 2.46. The molecular formula is C11H7BrF6O2S. The minimum absolute atomic E-state index is 0.510. The Balaban J connectivity index is 3.37. The zero-order valence-electron chi connectivity index (χ0n) is 10.2. The summed E-state index contributed by atoms with van der Waals surface area (Å²) >= 11 is 2.17. The van der Waals surface area contributed by atoms with Crippen molar-refractivity contribution < 1.29 is 35.9 Å². The summed E-state index contributed by atoms with van der Waals surface area (Å²) in [7, 11) is 0. The Morgan fingerprint density at radius 1 is 1.24 bits per heavy atom. The molecule has 1 rings (SSSR count). The van der Waals surface area contributed by atoms with Crippen LogP contribution in [0.15, 0.2) is 23.1 Å². The molecule has 0 N–H and O–H groups in total. The van der Waals surface area contributed by atoms with E-state index in [4.69, 9.17) is 0 Å². The number of alkyl halides is 7. The monoisotopic (exact) mass is 396 g/mol. The van der Waals surface area contributed by atoms with Crippen LogP contribution in [-0.2, 0) is 4.79 Å². The number of benzene rings is 1. The van der Waals surface area contributed by atoms with Gasteiger partial charge in [0.25, 0.3) is 0 Å². The second-order valence-electron chi connectivity index (χ2n) is 3.74. The molecule has 0 saturated carbocycles. The van der Waals surface area contributed by atoms with E-state index in [0.717, 1.165) is 25.1 Å². The van der Waals surface area contributed by atoms with Gasteiger partial charge in [0.15, 0.2) is 0 Å². The standard InChI is InChI=1S/C11H7BrF6O2S/c1-5(19)9(12)8-6(20-10(13,14)15)3-2-4-7(8)21-11(16,17)18/h2-4,9H,1H3. The molecule has 0 aliphatic rings. The lowest BCUT2D eigenvalue weighted by Gasteiger charge is -2.19. The molecule has 1 unspecified atom stereocenters. The van der Waals surface area contributed by atoms with Gasteiger partial charge in [-0.15, -0.1) is 13.2 Å². The highest BCUT2D eigenvalue weighted by atomic mass is 79.9. The van der Waals surface area contributed by atoms with Gasteiger partial charge in [-0.05, 0) is 30.8 Å². The van der Waals surface area contributed by atoms with Gasteiger partial charge in [-0.3, -0.25) is 4.79 Å². The highest BCUT2D eigenvalue weighted by molar-refractivity contribution is 9.09. The molecule has 1 aromatic rings. The molecule has 118 valence electrons. The normalized spacial score (nSPS) is 13.9. The largest absolute Gasteiger partial charge is 0.573 e. The van der Waals surface area contributed by atoms with Crippen molar-refractivity contribution in [3.63, 3.8) is 0 Å². The molecular weight excluding hydrogens is 390 g/mol. The topological polar surface area (TPSA) is 26.3 Å². The average Bonchev–Trinajstić information content (AvgIpc) is 2.23. The molecule has 0 aromatic heterocycles. The van der Waals surface area contributed by atoms with Crippen LogP contribution in [0.2, 0.25) is 0 Å². The summed E-state index contributed by atoms with van der Waals surface area (Å²) in [6, 6.07) is 2.80. The van der Waals surface area contributed by atoms with Crippen LogP contribution in [0, 0.1) is 0 Å². The minimum Gasteiger partial charge on any atom is -0.405 e. The second-order valence-corrected chi connectivity index (χ2v) is 5.76. The molecule has 0 aliphatic heterocycles. The number of Topliss-reactive ketones (excluding diaryl/α,β-unsaturated/α-hetero) is 1. The quantitative estimate of drug-likeness (QED) is 0.396.